The molecule has 2 heterocycles. The molecule has 1 aliphatic rings. The molecule has 0 spiro atoms. The van der Waals surface area contributed by atoms with Crippen LogP contribution in [-0.2, 0) is 4.08 Å². The Hall–Kier alpha value is -2.15. The normalized spacial score (nSPS) is 15.3. The standard InChI is InChI=1S/C25H30N4S2/c1-28(2)16-9-17-29(24-22(26)13-8-15-27-24)23-14-7-6-12-21(23)25(30-18-19-31-25)20-10-4-3-5-11-20/h3-8,10-15H,9,16-19,26H2,1-2H3. The van der Waals surface area contributed by atoms with E-state index in [2.05, 4.69) is 83.5 Å². The van der Waals surface area contributed by atoms with Crippen LogP contribution in [0.3, 0.4) is 0 Å². The largest absolute Gasteiger partial charge is 0.396 e. The second-order valence-electron chi connectivity index (χ2n) is 7.92. The minimum Gasteiger partial charge on any atom is -0.396 e. The summed E-state index contributed by atoms with van der Waals surface area (Å²) in [4.78, 5) is 9.23. The number of nitrogens with zero attached hydrogens (tertiary/aromatic N) is 3. The Morgan fingerprint density at radius 2 is 1.61 bits per heavy atom. The van der Waals surface area contributed by atoms with Crippen LogP contribution >= 0.6 is 23.5 Å². The molecule has 1 fully saturated rings. The first kappa shape index (κ1) is 22.1. The lowest BCUT2D eigenvalue weighted by atomic mass is 10.0. The molecule has 0 amide bonds. The van der Waals surface area contributed by atoms with E-state index in [0.717, 1.165) is 36.8 Å². The van der Waals surface area contributed by atoms with Crippen molar-refractivity contribution in [2.24, 2.45) is 0 Å². The first-order valence-corrected chi connectivity index (χ1v) is 12.6. The van der Waals surface area contributed by atoms with E-state index < -0.39 is 0 Å². The number of hydrogen-bond acceptors (Lipinski definition) is 6. The van der Waals surface area contributed by atoms with E-state index in [-0.39, 0.29) is 4.08 Å². The van der Waals surface area contributed by atoms with Gasteiger partial charge in [0, 0.05) is 35.5 Å². The third-order valence-corrected chi connectivity index (χ3v) is 8.96. The summed E-state index contributed by atoms with van der Waals surface area (Å²) in [5.74, 6) is 3.12. The van der Waals surface area contributed by atoms with Crippen LogP contribution in [0.1, 0.15) is 17.5 Å². The van der Waals surface area contributed by atoms with Gasteiger partial charge in [-0.15, -0.1) is 23.5 Å². The van der Waals surface area contributed by atoms with Crippen molar-refractivity contribution >= 4 is 40.7 Å². The maximum atomic E-state index is 6.41. The molecule has 3 aromatic rings. The summed E-state index contributed by atoms with van der Waals surface area (Å²) >= 11 is 4.06. The summed E-state index contributed by atoms with van der Waals surface area (Å²) in [6.07, 6.45) is 2.86. The number of para-hydroxylation sites is 1. The molecule has 2 N–H and O–H groups in total. The van der Waals surface area contributed by atoms with Crippen LogP contribution in [0.2, 0.25) is 0 Å². The number of pyridine rings is 1. The predicted octanol–water partition coefficient (Wildman–Crippen LogP) is 5.43. The highest BCUT2D eigenvalue weighted by atomic mass is 32.2. The number of benzene rings is 2. The van der Waals surface area contributed by atoms with Gasteiger partial charge in [-0.2, -0.15) is 0 Å². The predicted molar refractivity (Wildman–Crippen MR) is 137 cm³/mol. The quantitative estimate of drug-likeness (QED) is 0.493. The Balaban J connectivity index is 1.83. The van der Waals surface area contributed by atoms with Gasteiger partial charge in [0.25, 0.3) is 0 Å². The Morgan fingerprint density at radius 3 is 2.32 bits per heavy atom. The Bertz CT molecular complexity index is 988. The van der Waals surface area contributed by atoms with Gasteiger partial charge in [-0.05, 0) is 50.8 Å². The minimum atomic E-state index is -0.124. The topological polar surface area (TPSA) is 45.4 Å². The average molecular weight is 451 g/mol. The van der Waals surface area contributed by atoms with Gasteiger partial charge in [0.15, 0.2) is 5.82 Å². The zero-order valence-corrected chi connectivity index (χ0v) is 19.8. The number of rotatable bonds is 8. The Kier molecular flexibility index (Phi) is 7.10. The molecule has 1 saturated heterocycles. The highest BCUT2D eigenvalue weighted by Crippen LogP contribution is 2.58. The highest BCUT2D eigenvalue weighted by Gasteiger charge is 2.41. The van der Waals surface area contributed by atoms with Gasteiger partial charge in [0.1, 0.15) is 4.08 Å². The van der Waals surface area contributed by atoms with E-state index in [0.29, 0.717) is 5.69 Å². The molecule has 4 nitrogen and oxygen atoms in total. The van der Waals surface area contributed by atoms with Crippen LogP contribution in [0, 0.1) is 0 Å². The molecule has 0 atom stereocenters. The average Bonchev–Trinajstić information content (AvgIpc) is 3.29. The molecule has 0 aliphatic carbocycles. The lowest BCUT2D eigenvalue weighted by molar-refractivity contribution is 0.402. The first-order chi connectivity index (χ1) is 15.1. The lowest BCUT2D eigenvalue weighted by Crippen LogP contribution is -2.28. The van der Waals surface area contributed by atoms with E-state index in [1.807, 2.05) is 41.9 Å². The number of aromatic nitrogens is 1. The maximum Gasteiger partial charge on any atom is 0.156 e. The molecule has 31 heavy (non-hydrogen) atoms. The maximum absolute atomic E-state index is 6.41. The highest BCUT2D eigenvalue weighted by molar-refractivity contribution is 8.20. The Labute approximate surface area is 194 Å². The number of hydrogen-bond donors (Lipinski definition) is 1. The molecule has 0 saturated carbocycles. The van der Waals surface area contributed by atoms with Crippen molar-refractivity contribution < 1.29 is 0 Å². The van der Waals surface area contributed by atoms with Crippen LogP contribution in [0.5, 0.6) is 0 Å². The first-order valence-electron chi connectivity index (χ1n) is 10.7. The summed E-state index contributed by atoms with van der Waals surface area (Å²) < 4.78 is -0.124. The van der Waals surface area contributed by atoms with E-state index in [1.54, 1.807) is 0 Å². The van der Waals surface area contributed by atoms with Crippen LogP contribution in [0.25, 0.3) is 0 Å². The summed E-state index contributed by atoms with van der Waals surface area (Å²) in [7, 11) is 4.23. The summed E-state index contributed by atoms with van der Waals surface area (Å²) in [5, 5.41) is 0. The molecule has 0 unspecified atom stereocenters. The minimum absolute atomic E-state index is 0.124. The van der Waals surface area contributed by atoms with Crippen LogP contribution < -0.4 is 10.6 Å². The molecular formula is C25H30N4S2. The van der Waals surface area contributed by atoms with Gasteiger partial charge in [0.05, 0.1) is 5.69 Å². The molecule has 1 aliphatic heterocycles. The molecule has 162 valence electrons. The third kappa shape index (κ3) is 4.71. The van der Waals surface area contributed by atoms with Gasteiger partial charge in [-0.3, -0.25) is 0 Å². The second kappa shape index (κ2) is 9.98. The summed E-state index contributed by atoms with van der Waals surface area (Å²) in [6.45, 7) is 1.87. The fraction of sp³-hybridized carbons (Fsp3) is 0.320. The van der Waals surface area contributed by atoms with Crippen LogP contribution in [0.15, 0.2) is 72.9 Å². The van der Waals surface area contributed by atoms with Crippen molar-refractivity contribution in [3.63, 3.8) is 0 Å². The molecule has 0 bridgehead atoms. The van der Waals surface area contributed by atoms with Gasteiger partial charge < -0.3 is 15.5 Å². The van der Waals surface area contributed by atoms with E-state index in [1.165, 1.54) is 16.8 Å². The van der Waals surface area contributed by atoms with Gasteiger partial charge in [-0.1, -0.05) is 48.5 Å². The zero-order valence-electron chi connectivity index (χ0n) is 18.2. The third-order valence-electron chi connectivity index (χ3n) is 5.46. The smallest absolute Gasteiger partial charge is 0.156 e. The van der Waals surface area contributed by atoms with E-state index in [4.69, 9.17) is 5.73 Å². The van der Waals surface area contributed by atoms with Crippen molar-refractivity contribution in [2.45, 2.75) is 10.5 Å². The van der Waals surface area contributed by atoms with Gasteiger partial charge in [0.2, 0.25) is 0 Å². The van der Waals surface area contributed by atoms with Crippen LogP contribution in [-0.4, -0.2) is 48.6 Å². The number of anilines is 3. The number of nitrogen functional groups attached to an aromatic ring is 1. The van der Waals surface area contributed by atoms with E-state index in [9.17, 15) is 0 Å². The van der Waals surface area contributed by atoms with Crippen molar-refractivity contribution in [3.8, 4) is 0 Å². The van der Waals surface area contributed by atoms with Crippen molar-refractivity contribution in [1.29, 1.82) is 0 Å². The monoisotopic (exact) mass is 450 g/mol. The Morgan fingerprint density at radius 1 is 0.903 bits per heavy atom. The molecule has 6 heteroatoms. The molecule has 1 aromatic heterocycles. The summed E-state index contributed by atoms with van der Waals surface area (Å²) in [6, 6.07) is 23.5. The van der Waals surface area contributed by atoms with Crippen molar-refractivity contribution in [3.05, 3.63) is 84.1 Å². The fourth-order valence-electron chi connectivity index (χ4n) is 4.06. The summed E-state index contributed by atoms with van der Waals surface area (Å²) in [5.41, 5.74) is 11.0. The molecule has 0 radical (unpaired) electrons. The molecule has 2 aromatic carbocycles. The van der Waals surface area contributed by atoms with Crippen molar-refractivity contribution in [2.75, 3.05) is 49.3 Å². The molecule has 4 rings (SSSR count). The van der Waals surface area contributed by atoms with Crippen molar-refractivity contribution in [1.82, 2.24) is 9.88 Å². The number of thioether (sulfide) groups is 2. The van der Waals surface area contributed by atoms with E-state index >= 15 is 0 Å². The van der Waals surface area contributed by atoms with Gasteiger partial charge >= 0.3 is 0 Å². The second-order valence-corrected chi connectivity index (χ2v) is 10.8. The lowest BCUT2D eigenvalue weighted by Gasteiger charge is -2.35. The molecular weight excluding hydrogens is 420 g/mol. The van der Waals surface area contributed by atoms with Crippen LogP contribution in [0.4, 0.5) is 17.2 Å². The van der Waals surface area contributed by atoms with Gasteiger partial charge in [-0.25, -0.2) is 4.98 Å². The fourth-order valence-corrected chi connectivity index (χ4v) is 7.39. The zero-order chi connectivity index (χ0) is 21.7. The number of nitrogens with two attached hydrogens (primary N) is 1. The SMILES string of the molecule is CN(C)CCCN(c1ccccc1C1(c2ccccc2)SCCS1)c1ncccc1N.